The topological polar surface area (TPSA) is 26.0 Å². The summed E-state index contributed by atoms with van der Waals surface area (Å²) in [7, 11) is 9.81. The Morgan fingerprint density at radius 1 is 1.56 bits per heavy atom. The molecule has 0 spiro atoms. The van der Waals surface area contributed by atoms with E-state index < -0.39 is 18.2 Å². The first kappa shape index (κ1) is 12.9. The quantitative estimate of drug-likeness (QED) is 0.615. The maximum absolute atomic E-state index is 5.47. The summed E-state index contributed by atoms with van der Waals surface area (Å²) in [6.45, 7) is 7.55. The summed E-state index contributed by atoms with van der Waals surface area (Å²) in [5.74, 6) is 0. The van der Waals surface area contributed by atoms with Gasteiger partial charge in [0.05, 0.1) is 0 Å². The maximum Gasteiger partial charge on any atom is 0.618 e. The molecule has 0 fully saturated rings. The average Bonchev–Trinajstić information content (AvgIpc) is 1.67. The molecule has 0 aromatic rings. The molecule has 53 valence electrons. The molecule has 4 heteroatoms. The second-order valence-corrected chi connectivity index (χ2v) is 4.97. The molecule has 9 heavy (non-hydrogen) atoms. The van der Waals surface area contributed by atoms with Crippen molar-refractivity contribution in [3.05, 3.63) is 6.92 Å². The van der Waals surface area contributed by atoms with Gasteiger partial charge in [0.15, 0.2) is 0 Å². The summed E-state index contributed by atoms with van der Waals surface area (Å²) in [5, 5.41) is 0. The molecule has 2 N–H and O–H groups in total. The Morgan fingerprint density at radius 3 is 1.67 bits per heavy atom. The average molecular weight is 181 g/mol. The van der Waals surface area contributed by atoms with Gasteiger partial charge in [-0.05, 0) is 20.3 Å². The van der Waals surface area contributed by atoms with E-state index in [2.05, 4.69) is 6.92 Å². The number of halogens is 2. The maximum atomic E-state index is 5.47. The van der Waals surface area contributed by atoms with E-state index in [1.807, 2.05) is 13.8 Å². The van der Waals surface area contributed by atoms with E-state index in [0.717, 1.165) is 6.42 Å². The van der Waals surface area contributed by atoms with Crippen LogP contribution in [0, 0.1) is 6.92 Å². The Hall–Kier alpha value is 1.31. The van der Waals surface area contributed by atoms with Gasteiger partial charge in [-0.3, -0.25) is 0 Å². The van der Waals surface area contributed by atoms with Gasteiger partial charge in [-0.1, -0.05) is 6.92 Å². The lowest BCUT2D eigenvalue weighted by atomic mass is 10.1. The van der Waals surface area contributed by atoms with Crippen molar-refractivity contribution in [1.29, 1.82) is 0 Å². The number of hydrogen-bond donors (Lipinski definition) is 1. The van der Waals surface area contributed by atoms with Crippen LogP contribution in [0.25, 0.3) is 0 Å². The molecule has 0 unspecified atom stereocenters. The third kappa shape index (κ3) is 26.8. The van der Waals surface area contributed by atoms with Crippen LogP contribution in [-0.2, 0) is 0 Å². The van der Waals surface area contributed by atoms with E-state index in [-0.39, 0.29) is 5.54 Å². The Bertz CT molecular complexity index is 53.4. The molecule has 0 atom stereocenters. The SMILES string of the molecule is [CH2]CC(C)(C)N.[Cl][Mg][Cl]. The molecule has 0 amide bonds. The molecule has 0 heterocycles. The molecule has 0 aromatic carbocycles. The van der Waals surface area contributed by atoms with Crippen LogP contribution in [0.4, 0.5) is 0 Å². The second kappa shape index (κ2) is 7.41. The molecule has 0 aliphatic heterocycles. The Balaban J connectivity index is 0. The van der Waals surface area contributed by atoms with Crippen molar-refractivity contribution in [2.75, 3.05) is 0 Å². The number of nitrogens with two attached hydrogens (primary N) is 1. The predicted octanol–water partition coefficient (Wildman–Crippen LogP) is 1.95. The van der Waals surface area contributed by atoms with E-state index >= 15 is 0 Å². The minimum Gasteiger partial charge on any atom is -0.326 e. The zero-order valence-corrected chi connectivity index (χ0v) is 8.88. The summed E-state index contributed by atoms with van der Waals surface area (Å²) in [6, 6.07) is 0. The lowest BCUT2D eigenvalue weighted by Gasteiger charge is -2.13. The first-order valence-electron chi connectivity index (χ1n) is 2.68. The number of hydrogen-bond acceptors (Lipinski definition) is 1. The zero-order chi connectivity index (χ0) is 7.91. The van der Waals surface area contributed by atoms with Crippen LogP contribution >= 0.6 is 18.1 Å². The Morgan fingerprint density at radius 2 is 1.67 bits per heavy atom. The summed E-state index contributed by atoms with van der Waals surface area (Å²) in [4.78, 5) is 0. The Labute approximate surface area is 74.6 Å². The summed E-state index contributed by atoms with van der Waals surface area (Å²) >= 11 is -0.639. The first-order valence-corrected chi connectivity index (χ1v) is 6.95. The fourth-order valence-corrected chi connectivity index (χ4v) is 0. The van der Waals surface area contributed by atoms with Crippen LogP contribution in [0.2, 0.25) is 0 Å². The van der Waals surface area contributed by atoms with Crippen molar-refractivity contribution in [2.24, 2.45) is 5.73 Å². The molecule has 0 bridgehead atoms. The lowest BCUT2D eigenvalue weighted by Crippen LogP contribution is -2.30. The van der Waals surface area contributed by atoms with Crippen LogP contribution in [0.5, 0.6) is 0 Å². The summed E-state index contributed by atoms with van der Waals surface area (Å²) in [5.41, 5.74) is 5.40. The van der Waals surface area contributed by atoms with Gasteiger partial charge in [0.25, 0.3) is 0 Å². The van der Waals surface area contributed by atoms with E-state index in [4.69, 9.17) is 23.9 Å². The third-order valence-corrected chi connectivity index (χ3v) is 0.644. The van der Waals surface area contributed by atoms with Crippen molar-refractivity contribution >= 4 is 36.3 Å². The van der Waals surface area contributed by atoms with Gasteiger partial charge in [0, 0.05) is 5.54 Å². The summed E-state index contributed by atoms with van der Waals surface area (Å²) < 4.78 is 0. The molecule has 0 saturated heterocycles. The minimum absolute atomic E-state index is 0.0694. The highest BCUT2D eigenvalue weighted by Gasteiger charge is 2.03. The fraction of sp³-hybridized carbons (Fsp3) is 0.800. The third-order valence-electron chi connectivity index (χ3n) is 0.644. The molecule has 1 radical (unpaired) electrons. The second-order valence-electron chi connectivity index (χ2n) is 2.34. The van der Waals surface area contributed by atoms with Gasteiger partial charge in [-0.2, -0.15) is 0 Å². The molecule has 0 aliphatic carbocycles. The van der Waals surface area contributed by atoms with Gasteiger partial charge in [-0.25, -0.2) is 0 Å². The van der Waals surface area contributed by atoms with Crippen LogP contribution in [0.15, 0.2) is 0 Å². The highest BCUT2D eigenvalue weighted by Crippen LogP contribution is 1.98. The normalized spacial score (nSPS) is 9.11. The first-order chi connectivity index (χ1) is 3.97. The van der Waals surface area contributed by atoms with Crippen LogP contribution in [0.3, 0.4) is 0 Å². The van der Waals surface area contributed by atoms with Crippen molar-refractivity contribution in [3.8, 4) is 0 Å². The van der Waals surface area contributed by atoms with Crippen molar-refractivity contribution in [1.82, 2.24) is 0 Å². The molecule has 0 saturated carbocycles. The smallest absolute Gasteiger partial charge is 0.326 e. The fourth-order valence-electron chi connectivity index (χ4n) is 0. The van der Waals surface area contributed by atoms with E-state index in [1.165, 1.54) is 0 Å². The lowest BCUT2D eigenvalue weighted by molar-refractivity contribution is 0.526. The number of rotatable bonds is 1. The van der Waals surface area contributed by atoms with Crippen LogP contribution in [-0.4, -0.2) is 23.7 Å². The molecule has 0 rings (SSSR count). The molecule has 0 aliphatic rings. The van der Waals surface area contributed by atoms with Crippen molar-refractivity contribution in [3.63, 3.8) is 0 Å². The zero-order valence-electron chi connectivity index (χ0n) is 5.95. The molecular weight excluding hydrogens is 169 g/mol. The van der Waals surface area contributed by atoms with Gasteiger partial charge in [0.2, 0.25) is 0 Å². The van der Waals surface area contributed by atoms with E-state index in [9.17, 15) is 0 Å². The Kier molecular flexibility index (Phi) is 10.7. The monoisotopic (exact) mass is 180 g/mol. The van der Waals surface area contributed by atoms with Crippen LogP contribution < -0.4 is 5.73 Å². The van der Waals surface area contributed by atoms with Gasteiger partial charge >= 0.3 is 18.2 Å². The van der Waals surface area contributed by atoms with Gasteiger partial charge in [-0.15, -0.1) is 0 Å². The molecule has 0 aromatic heterocycles. The molecular formula is C5H12Cl2MgN. The predicted molar refractivity (Wildman–Crippen MR) is 45.7 cm³/mol. The van der Waals surface area contributed by atoms with E-state index in [0.29, 0.717) is 0 Å². The van der Waals surface area contributed by atoms with E-state index in [1.54, 1.807) is 0 Å². The summed E-state index contributed by atoms with van der Waals surface area (Å²) in [6.07, 6.45) is 0.799. The minimum atomic E-state index is -0.639. The van der Waals surface area contributed by atoms with Gasteiger partial charge in [0.1, 0.15) is 0 Å². The molecule has 1 nitrogen and oxygen atoms in total. The largest absolute Gasteiger partial charge is 0.618 e. The standard InChI is InChI=1S/C5H12N.2ClH.Mg/c1-4-5(2,3)6;;;/h1,4,6H2,2-3H3;2*1H;/q;;;+2/p-2. The van der Waals surface area contributed by atoms with Crippen molar-refractivity contribution < 1.29 is 0 Å². The highest BCUT2D eigenvalue weighted by molar-refractivity contribution is 7.22. The highest BCUT2D eigenvalue weighted by atomic mass is 35.6. The van der Waals surface area contributed by atoms with Crippen LogP contribution in [0.1, 0.15) is 20.3 Å². The van der Waals surface area contributed by atoms with Gasteiger partial charge < -0.3 is 23.9 Å². The van der Waals surface area contributed by atoms with Crippen molar-refractivity contribution in [2.45, 2.75) is 25.8 Å².